The zero-order valence-corrected chi connectivity index (χ0v) is 21.4. The van der Waals surface area contributed by atoms with Crippen molar-refractivity contribution in [1.82, 2.24) is 9.80 Å². The van der Waals surface area contributed by atoms with Crippen molar-refractivity contribution in [2.24, 2.45) is 0 Å². The number of likely N-dealkylation sites (tertiary alicyclic amines) is 1. The van der Waals surface area contributed by atoms with E-state index in [1.54, 1.807) is 43.5 Å². The molecule has 188 valence electrons. The minimum Gasteiger partial charge on any atom is -0.507 e. The summed E-state index contributed by atoms with van der Waals surface area (Å²) in [4.78, 5) is 29.9. The Kier molecular flexibility index (Phi) is 8.07. The van der Waals surface area contributed by atoms with E-state index in [1.807, 2.05) is 32.8 Å². The van der Waals surface area contributed by atoms with Crippen molar-refractivity contribution >= 4 is 17.4 Å². The van der Waals surface area contributed by atoms with Crippen LogP contribution in [-0.2, 0) is 9.59 Å². The normalized spacial score (nSPS) is 17.4. The molecule has 8 heteroatoms. The van der Waals surface area contributed by atoms with Crippen molar-refractivity contribution < 1.29 is 28.9 Å². The highest BCUT2D eigenvalue weighted by atomic mass is 16.5. The molecule has 1 fully saturated rings. The Morgan fingerprint density at radius 1 is 1.03 bits per heavy atom. The highest BCUT2D eigenvalue weighted by Gasteiger charge is 2.47. The summed E-state index contributed by atoms with van der Waals surface area (Å²) < 4.78 is 16.6. The van der Waals surface area contributed by atoms with Crippen LogP contribution in [0.4, 0.5) is 0 Å². The average Bonchev–Trinajstić information content (AvgIpc) is 3.10. The number of methoxy groups -OCH3 is 3. The lowest BCUT2D eigenvalue weighted by Crippen LogP contribution is -2.35. The molecule has 0 aliphatic carbocycles. The molecule has 0 saturated carbocycles. The molecule has 1 amide bonds. The Labute approximate surface area is 206 Å². The number of rotatable bonds is 9. The van der Waals surface area contributed by atoms with Crippen LogP contribution in [0.15, 0.2) is 42.0 Å². The number of ether oxygens (including phenoxy) is 3. The van der Waals surface area contributed by atoms with E-state index in [0.717, 1.165) is 5.56 Å². The van der Waals surface area contributed by atoms with Gasteiger partial charge in [-0.2, -0.15) is 0 Å². The molecule has 0 spiro atoms. The highest BCUT2D eigenvalue weighted by Crippen LogP contribution is 2.45. The van der Waals surface area contributed by atoms with Gasteiger partial charge < -0.3 is 29.1 Å². The van der Waals surface area contributed by atoms with E-state index < -0.39 is 17.7 Å². The van der Waals surface area contributed by atoms with Gasteiger partial charge in [-0.05, 0) is 49.8 Å². The number of para-hydroxylation sites is 1. The summed E-state index contributed by atoms with van der Waals surface area (Å²) >= 11 is 0. The first-order valence-corrected chi connectivity index (χ1v) is 11.5. The van der Waals surface area contributed by atoms with Crippen molar-refractivity contribution in [2.75, 3.05) is 48.5 Å². The van der Waals surface area contributed by atoms with Crippen molar-refractivity contribution in [3.63, 3.8) is 0 Å². The monoisotopic (exact) mass is 482 g/mol. The van der Waals surface area contributed by atoms with Gasteiger partial charge >= 0.3 is 0 Å². The number of Topliss-reactive ketones (excluding diaryl/α,β-unsaturated/α-hetero) is 1. The van der Waals surface area contributed by atoms with E-state index in [-0.39, 0.29) is 17.3 Å². The Morgan fingerprint density at radius 2 is 1.71 bits per heavy atom. The number of nitrogens with zero attached hydrogens (tertiary/aromatic N) is 2. The summed E-state index contributed by atoms with van der Waals surface area (Å²) in [5.41, 5.74) is 1.89. The van der Waals surface area contributed by atoms with Crippen LogP contribution in [0, 0.1) is 0 Å². The Balaban J connectivity index is 2.27. The highest BCUT2D eigenvalue weighted by molar-refractivity contribution is 6.46. The van der Waals surface area contributed by atoms with Gasteiger partial charge in [-0.3, -0.25) is 9.59 Å². The number of aliphatic hydroxyl groups is 1. The molecule has 1 N–H and O–H groups in total. The van der Waals surface area contributed by atoms with E-state index in [4.69, 9.17) is 14.2 Å². The second kappa shape index (κ2) is 10.8. The number of benzene rings is 2. The fraction of sp³-hybridized carbons (Fsp3) is 0.407. The molecule has 1 saturated heterocycles. The first-order valence-electron chi connectivity index (χ1n) is 11.5. The molecule has 1 heterocycles. The summed E-state index contributed by atoms with van der Waals surface area (Å²) in [6.07, 6.45) is 0. The van der Waals surface area contributed by atoms with E-state index in [2.05, 4.69) is 0 Å². The van der Waals surface area contributed by atoms with Crippen LogP contribution >= 0.6 is 0 Å². The maximum absolute atomic E-state index is 13.3. The largest absolute Gasteiger partial charge is 0.507 e. The lowest BCUT2D eigenvalue weighted by Gasteiger charge is -2.28. The lowest BCUT2D eigenvalue weighted by atomic mass is 9.92. The molecule has 1 aliphatic heterocycles. The fourth-order valence-electron chi connectivity index (χ4n) is 4.36. The third kappa shape index (κ3) is 4.98. The summed E-state index contributed by atoms with van der Waals surface area (Å²) in [6.45, 7) is 4.86. The van der Waals surface area contributed by atoms with Crippen LogP contribution in [0.5, 0.6) is 17.2 Å². The maximum Gasteiger partial charge on any atom is 0.295 e. The van der Waals surface area contributed by atoms with Gasteiger partial charge in [0.15, 0.2) is 11.5 Å². The van der Waals surface area contributed by atoms with E-state index in [1.165, 1.54) is 19.1 Å². The SMILES string of the molecule is COc1ccc(/C(O)=C2\C(=O)C(=O)N(CCN(C)C)C2c2cccc(OC)c2OC)cc1C(C)C. The number of ketones is 1. The van der Waals surface area contributed by atoms with Crippen LogP contribution < -0.4 is 14.2 Å². The van der Waals surface area contributed by atoms with Crippen LogP contribution in [0.25, 0.3) is 5.76 Å². The summed E-state index contributed by atoms with van der Waals surface area (Å²) in [6, 6.07) is 9.69. The number of carbonyl (C=O) groups excluding carboxylic acids is 2. The first kappa shape index (κ1) is 26.1. The van der Waals surface area contributed by atoms with Crippen LogP contribution in [0.2, 0.25) is 0 Å². The van der Waals surface area contributed by atoms with Gasteiger partial charge in [-0.15, -0.1) is 0 Å². The van der Waals surface area contributed by atoms with E-state index in [0.29, 0.717) is 41.5 Å². The summed E-state index contributed by atoms with van der Waals surface area (Å²) in [5.74, 6) is 0.0347. The van der Waals surface area contributed by atoms with Gasteiger partial charge in [-0.1, -0.05) is 26.0 Å². The minimum atomic E-state index is -0.843. The Morgan fingerprint density at radius 3 is 2.29 bits per heavy atom. The Hall–Kier alpha value is -3.52. The summed E-state index contributed by atoms with van der Waals surface area (Å²) in [5, 5.41) is 11.5. The molecule has 0 bridgehead atoms. The molecule has 0 aromatic heterocycles. The zero-order chi connectivity index (χ0) is 25.9. The molecule has 2 aromatic carbocycles. The van der Waals surface area contributed by atoms with Crippen molar-refractivity contribution in [1.29, 1.82) is 0 Å². The van der Waals surface area contributed by atoms with Crippen molar-refractivity contribution in [3.8, 4) is 17.2 Å². The Bertz CT molecular complexity index is 1140. The maximum atomic E-state index is 13.3. The van der Waals surface area contributed by atoms with Crippen LogP contribution in [0.1, 0.15) is 42.5 Å². The second-order valence-corrected chi connectivity index (χ2v) is 8.99. The zero-order valence-electron chi connectivity index (χ0n) is 21.4. The van der Waals surface area contributed by atoms with E-state index >= 15 is 0 Å². The molecule has 0 radical (unpaired) electrons. The minimum absolute atomic E-state index is 0.0141. The van der Waals surface area contributed by atoms with Crippen molar-refractivity contribution in [3.05, 3.63) is 58.7 Å². The average molecular weight is 483 g/mol. The van der Waals surface area contributed by atoms with Gasteiger partial charge in [0.1, 0.15) is 11.5 Å². The number of likely N-dealkylation sites (N-methyl/N-ethyl adjacent to an activating group) is 1. The second-order valence-electron chi connectivity index (χ2n) is 8.99. The smallest absolute Gasteiger partial charge is 0.295 e. The van der Waals surface area contributed by atoms with Crippen LogP contribution in [-0.4, -0.2) is 75.1 Å². The lowest BCUT2D eigenvalue weighted by molar-refractivity contribution is -0.140. The third-order valence-electron chi connectivity index (χ3n) is 6.18. The number of aliphatic hydroxyl groups excluding tert-OH is 1. The molecule has 3 rings (SSSR count). The predicted octanol–water partition coefficient (Wildman–Crippen LogP) is 3.82. The molecular formula is C27H34N2O6. The summed E-state index contributed by atoms with van der Waals surface area (Å²) in [7, 11) is 8.40. The molecule has 1 unspecified atom stereocenters. The third-order valence-corrected chi connectivity index (χ3v) is 6.18. The molecule has 8 nitrogen and oxygen atoms in total. The predicted molar refractivity (Wildman–Crippen MR) is 134 cm³/mol. The number of carbonyl (C=O) groups is 2. The number of amides is 1. The van der Waals surface area contributed by atoms with Gasteiger partial charge in [0, 0.05) is 24.2 Å². The topological polar surface area (TPSA) is 88.5 Å². The molecule has 35 heavy (non-hydrogen) atoms. The standard InChI is InChI=1S/C27H34N2O6/c1-16(2)19-15-17(11-12-20(19)33-5)24(30)22-23(18-9-8-10-21(34-6)26(18)35-7)29(14-13-28(3)4)27(32)25(22)31/h8-12,15-16,23,30H,13-14H2,1-7H3/b24-22+. The molecular weight excluding hydrogens is 448 g/mol. The first-order chi connectivity index (χ1) is 16.7. The van der Waals surface area contributed by atoms with Gasteiger partial charge in [0.05, 0.1) is 32.9 Å². The van der Waals surface area contributed by atoms with Gasteiger partial charge in [-0.25, -0.2) is 0 Å². The number of hydrogen-bond donors (Lipinski definition) is 1. The molecule has 1 aliphatic rings. The number of hydrogen-bond acceptors (Lipinski definition) is 7. The van der Waals surface area contributed by atoms with Crippen LogP contribution in [0.3, 0.4) is 0 Å². The van der Waals surface area contributed by atoms with E-state index in [9.17, 15) is 14.7 Å². The quantitative estimate of drug-likeness (QED) is 0.330. The molecule has 2 aromatic rings. The fourth-order valence-corrected chi connectivity index (χ4v) is 4.36. The van der Waals surface area contributed by atoms with Gasteiger partial charge in [0.25, 0.3) is 11.7 Å². The van der Waals surface area contributed by atoms with Gasteiger partial charge in [0.2, 0.25) is 0 Å². The van der Waals surface area contributed by atoms with Crippen molar-refractivity contribution in [2.45, 2.75) is 25.8 Å². The molecule has 1 atom stereocenters.